The molecule has 0 spiro atoms. The normalized spacial score (nSPS) is 36.5. The molecule has 366 valence electrons. The lowest BCUT2D eigenvalue weighted by Crippen LogP contribution is -2.74. The van der Waals surface area contributed by atoms with Gasteiger partial charge in [-0.2, -0.15) is 0 Å². The molecule has 0 aromatic rings. The number of nitrogens with two attached hydrogens (primary N) is 2. The number of primary amides is 1. The van der Waals surface area contributed by atoms with E-state index in [9.17, 15) is 80.5 Å². The van der Waals surface area contributed by atoms with Crippen molar-refractivity contribution in [1.82, 2.24) is 16.0 Å². The maximum atomic E-state index is 14.3. The maximum absolute atomic E-state index is 14.3. The first-order valence-corrected chi connectivity index (χ1v) is 20.2. The highest BCUT2D eigenvalue weighted by Crippen LogP contribution is 2.38. The van der Waals surface area contributed by atoms with E-state index in [0.29, 0.717) is 19.3 Å². The number of aliphatic hydroxyl groups is 12. The van der Waals surface area contributed by atoms with Crippen LogP contribution in [-0.2, 0) is 47.6 Å². The minimum absolute atomic E-state index is 0.0400. The summed E-state index contributed by atoms with van der Waals surface area (Å²) in [4.78, 5) is 52.7. The smallest absolute Gasteiger partial charge is 0.280 e. The topological polar surface area (TPSA) is 455 Å². The van der Waals surface area contributed by atoms with Crippen molar-refractivity contribution in [1.29, 1.82) is 0 Å². The van der Waals surface area contributed by atoms with Crippen LogP contribution in [0.2, 0.25) is 0 Å². The Labute approximate surface area is 361 Å². The summed E-state index contributed by atoms with van der Waals surface area (Å²) in [7, 11) is 2.91. The fraction of sp³-hybridized carbons (Fsp3) is 0.889. The van der Waals surface area contributed by atoms with Crippen LogP contribution >= 0.6 is 0 Å². The molecular formula is C36H65N5O22. The molecule has 3 rings (SSSR count). The van der Waals surface area contributed by atoms with Gasteiger partial charge in [0.05, 0.1) is 56.3 Å². The molecule has 3 saturated heterocycles. The Morgan fingerprint density at radius 2 is 0.968 bits per heavy atom. The molecule has 3 heterocycles. The van der Waals surface area contributed by atoms with Crippen molar-refractivity contribution >= 4 is 23.6 Å². The second-order valence-electron chi connectivity index (χ2n) is 15.8. The van der Waals surface area contributed by atoms with Crippen LogP contribution in [0.1, 0.15) is 44.9 Å². The number of hydrogen-bond acceptors (Lipinski definition) is 23. The van der Waals surface area contributed by atoms with Crippen molar-refractivity contribution in [2.24, 2.45) is 11.5 Å². The van der Waals surface area contributed by atoms with Crippen molar-refractivity contribution in [3.8, 4) is 0 Å². The minimum Gasteiger partial charge on any atom is -0.394 e. The van der Waals surface area contributed by atoms with Crippen LogP contribution in [0.25, 0.3) is 0 Å². The molecule has 0 unspecified atom stereocenters. The molecule has 0 aromatic heterocycles. The number of methoxy groups -OCH3 is 3. The van der Waals surface area contributed by atoms with E-state index in [-0.39, 0.29) is 13.0 Å². The van der Waals surface area contributed by atoms with E-state index in [0.717, 1.165) is 21.3 Å². The largest absolute Gasteiger partial charge is 0.394 e. The lowest BCUT2D eigenvalue weighted by atomic mass is 9.85. The number of aliphatic hydroxyl groups excluding tert-OH is 12. The molecule has 0 radical (unpaired) electrons. The van der Waals surface area contributed by atoms with Gasteiger partial charge in [0.15, 0.2) is 0 Å². The monoisotopic (exact) mass is 919 g/mol. The number of rotatable bonds is 23. The Hall–Kier alpha value is -2.88. The van der Waals surface area contributed by atoms with Crippen molar-refractivity contribution in [3.63, 3.8) is 0 Å². The van der Waals surface area contributed by atoms with E-state index in [1.54, 1.807) is 0 Å². The second kappa shape index (κ2) is 23.5. The molecule has 27 heteroatoms. The van der Waals surface area contributed by atoms with Crippen molar-refractivity contribution in [2.75, 3.05) is 47.7 Å². The van der Waals surface area contributed by atoms with Crippen LogP contribution in [0.15, 0.2) is 0 Å². The summed E-state index contributed by atoms with van der Waals surface area (Å²) in [5.74, 6) is -11.8. The molecule has 0 bridgehead atoms. The van der Waals surface area contributed by atoms with Crippen LogP contribution in [0, 0.1) is 0 Å². The Kier molecular flexibility index (Phi) is 20.3. The first-order valence-electron chi connectivity index (χ1n) is 20.2. The van der Waals surface area contributed by atoms with Gasteiger partial charge in [-0.1, -0.05) is 6.42 Å². The zero-order chi connectivity index (χ0) is 47.6. The molecular weight excluding hydrogens is 854 g/mol. The SMILES string of the molecule is CO[C@@]1(C(=O)N[C@H]2[C@H]([C@H](O)[C@H](O)CO)O[C@](OC)(C(=O)N[C@H]3[C@H]([C@H](O)[C@H](O)CO)O[C@](OC)(C(=O)NCCCCCC(N)=O)C[C@@H]3O)C[C@@H]2O)C[C@H](O)[C@@H](N)[C@H]([C@H](O)[C@H](O)CO)O1. The third-order valence-corrected chi connectivity index (χ3v) is 11.5. The summed E-state index contributed by atoms with van der Waals surface area (Å²) < 4.78 is 33.6. The highest BCUT2D eigenvalue weighted by Gasteiger charge is 2.61. The fourth-order valence-electron chi connectivity index (χ4n) is 7.67. The third kappa shape index (κ3) is 12.3. The van der Waals surface area contributed by atoms with Crippen LogP contribution in [0.5, 0.6) is 0 Å². The van der Waals surface area contributed by atoms with Gasteiger partial charge in [0, 0.05) is 53.6 Å². The van der Waals surface area contributed by atoms with Gasteiger partial charge in [-0.05, 0) is 12.8 Å². The van der Waals surface area contributed by atoms with E-state index in [1.165, 1.54) is 0 Å². The van der Waals surface area contributed by atoms with Crippen LogP contribution in [0.4, 0.5) is 0 Å². The number of hydrogen-bond donors (Lipinski definition) is 17. The quantitative estimate of drug-likeness (QED) is 0.0423. The number of unbranched alkanes of at least 4 members (excludes halogenated alkanes) is 2. The molecule has 0 aromatic carbocycles. The van der Waals surface area contributed by atoms with Crippen LogP contribution in [0.3, 0.4) is 0 Å². The number of ether oxygens (including phenoxy) is 6. The number of nitrogens with one attached hydrogen (secondary N) is 3. The van der Waals surface area contributed by atoms with E-state index in [4.69, 9.17) is 39.9 Å². The Balaban J connectivity index is 1.94. The number of carbonyl (C=O) groups excluding carboxylic acids is 4. The van der Waals surface area contributed by atoms with Crippen LogP contribution < -0.4 is 27.4 Å². The molecule has 63 heavy (non-hydrogen) atoms. The summed E-state index contributed by atoms with van der Waals surface area (Å²) in [5, 5.41) is 134. The molecule has 4 amide bonds. The molecule has 19 N–H and O–H groups in total. The Morgan fingerprint density at radius 3 is 1.35 bits per heavy atom. The van der Waals surface area contributed by atoms with Gasteiger partial charge in [-0.15, -0.1) is 0 Å². The Morgan fingerprint density at radius 1 is 0.603 bits per heavy atom. The lowest BCUT2D eigenvalue weighted by Gasteiger charge is -2.50. The molecule has 3 aliphatic heterocycles. The molecule has 27 nitrogen and oxygen atoms in total. The highest BCUT2D eigenvalue weighted by atomic mass is 16.7. The van der Waals surface area contributed by atoms with Gasteiger partial charge in [0.1, 0.15) is 54.9 Å². The van der Waals surface area contributed by atoms with E-state index in [1.807, 2.05) is 0 Å². The first-order chi connectivity index (χ1) is 29.6. The lowest BCUT2D eigenvalue weighted by molar-refractivity contribution is -0.308. The molecule has 18 atom stereocenters. The zero-order valence-corrected chi connectivity index (χ0v) is 35.0. The predicted octanol–water partition coefficient (Wildman–Crippen LogP) is -9.94. The van der Waals surface area contributed by atoms with Gasteiger partial charge >= 0.3 is 0 Å². The molecule has 0 aliphatic carbocycles. The maximum Gasteiger partial charge on any atom is 0.280 e. The Bertz CT molecular complexity index is 1510. The van der Waals surface area contributed by atoms with E-state index >= 15 is 0 Å². The van der Waals surface area contributed by atoms with Gasteiger partial charge in [-0.3, -0.25) is 19.2 Å². The van der Waals surface area contributed by atoms with E-state index in [2.05, 4.69) is 16.0 Å². The van der Waals surface area contributed by atoms with Gasteiger partial charge < -0.3 is 117 Å². The summed E-state index contributed by atoms with van der Waals surface area (Å²) >= 11 is 0. The average molecular weight is 920 g/mol. The van der Waals surface area contributed by atoms with Crippen molar-refractivity contribution < 1.29 is 109 Å². The van der Waals surface area contributed by atoms with Gasteiger partial charge in [0.2, 0.25) is 5.91 Å². The van der Waals surface area contributed by atoms with E-state index < -0.39 is 171 Å². The molecule has 3 aliphatic rings. The summed E-state index contributed by atoms with van der Waals surface area (Å²) in [6.45, 7) is -3.14. The average Bonchev–Trinajstić information content (AvgIpc) is 3.27. The third-order valence-electron chi connectivity index (χ3n) is 11.5. The predicted molar refractivity (Wildman–Crippen MR) is 206 cm³/mol. The highest BCUT2D eigenvalue weighted by molar-refractivity contribution is 5.86. The van der Waals surface area contributed by atoms with Crippen molar-refractivity contribution in [3.05, 3.63) is 0 Å². The van der Waals surface area contributed by atoms with Crippen molar-refractivity contribution in [2.45, 2.75) is 154 Å². The first kappa shape index (κ1) is 54.5. The van der Waals surface area contributed by atoms with Gasteiger partial charge in [0.25, 0.3) is 35.1 Å². The summed E-state index contributed by atoms with van der Waals surface area (Å²) in [5.41, 5.74) is 11.1. The number of amides is 4. The number of carbonyl (C=O) groups is 4. The standard InChI is InChI=1S/C36H65N5O22/c1-58-34(31(55)39-8-6-4-5-7-21(37)51)10-16(46)23(29(62-34)26(53)19(49)13-43)41-33(57)36(60-3)11-17(47)24(30(63-36)27(54)20(50)14-44)40-32(56)35(59-2)9-15(45)22(38)28(61-35)25(52)18(48)12-42/h15-20,22-30,42-50,52-54H,4-14,38H2,1-3H3,(H2,37,51)(H,39,55)(H,40,56)(H,41,57)/t15-,16-,17-,18+,19+,20+,22+,23+,24+,25+,26+,27+,28+,29+,30+,34-,35-,36-/m0/s1. The zero-order valence-electron chi connectivity index (χ0n) is 35.0. The van der Waals surface area contributed by atoms with Crippen LogP contribution in [-0.4, -0.2) is 241 Å². The second-order valence-corrected chi connectivity index (χ2v) is 15.8. The summed E-state index contributed by atoms with van der Waals surface area (Å²) in [6.07, 6.45) is -24.5. The fourth-order valence-corrected chi connectivity index (χ4v) is 7.67. The summed E-state index contributed by atoms with van der Waals surface area (Å²) in [6, 6.07) is -5.09. The minimum atomic E-state index is -2.73. The molecule has 3 fully saturated rings. The molecule has 0 saturated carbocycles. The van der Waals surface area contributed by atoms with Gasteiger partial charge in [-0.25, -0.2) is 0 Å².